The second-order valence-electron chi connectivity index (χ2n) is 6.67. The Kier molecular flexibility index (Phi) is 6.36. The molecule has 0 saturated carbocycles. The van der Waals surface area contributed by atoms with Crippen LogP contribution in [0, 0.1) is 5.82 Å². The van der Waals surface area contributed by atoms with Crippen molar-refractivity contribution in [2.24, 2.45) is 0 Å². The molecule has 3 aromatic carbocycles. The lowest BCUT2D eigenvalue weighted by Gasteiger charge is -2.19. The normalized spacial score (nSPS) is 10.9. The highest BCUT2D eigenvalue weighted by atomic mass is 32.2. The first-order chi connectivity index (χ1) is 14.7. The molecule has 0 fully saturated rings. The van der Waals surface area contributed by atoms with E-state index in [0.29, 0.717) is 11.4 Å². The fourth-order valence-corrected chi connectivity index (χ4v) is 4.07. The van der Waals surface area contributed by atoms with E-state index in [4.69, 9.17) is 0 Å². The molecule has 0 atom stereocenters. The summed E-state index contributed by atoms with van der Waals surface area (Å²) in [6.45, 7) is 1.31. The Morgan fingerprint density at radius 2 is 1.61 bits per heavy atom. The Labute approximate surface area is 179 Å². The van der Waals surface area contributed by atoms with Gasteiger partial charge in [0.15, 0.2) is 0 Å². The van der Waals surface area contributed by atoms with E-state index < -0.39 is 21.7 Å². The standard InChI is InChI=1S/C22H20FN3O4S/c1-15(27)24-17-11-12-20(23)21(14-17)25-22(28)16-7-6-10-19(13-16)31(29,30)26(2)18-8-4-3-5-9-18/h3-14H,1-2H3,(H,24,27)(H,25,28). The molecule has 0 aliphatic heterocycles. The molecule has 3 aromatic rings. The van der Waals surface area contributed by atoms with Crippen LogP contribution in [-0.4, -0.2) is 27.3 Å². The minimum atomic E-state index is -3.92. The number of carbonyl (C=O) groups is 2. The van der Waals surface area contributed by atoms with Crippen LogP contribution in [0.2, 0.25) is 0 Å². The predicted molar refractivity (Wildman–Crippen MR) is 117 cm³/mol. The zero-order chi connectivity index (χ0) is 22.6. The van der Waals surface area contributed by atoms with Crippen LogP contribution in [0.15, 0.2) is 77.7 Å². The van der Waals surface area contributed by atoms with Gasteiger partial charge in [-0.15, -0.1) is 0 Å². The van der Waals surface area contributed by atoms with Crippen molar-refractivity contribution >= 4 is 38.9 Å². The zero-order valence-corrected chi connectivity index (χ0v) is 17.6. The Morgan fingerprint density at radius 3 is 2.29 bits per heavy atom. The average molecular weight is 441 g/mol. The van der Waals surface area contributed by atoms with Crippen molar-refractivity contribution in [3.05, 3.63) is 84.2 Å². The summed E-state index contributed by atoms with van der Waals surface area (Å²) in [6, 6.07) is 17.7. The highest BCUT2D eigenvalue weighted by molar-refractivity contribution is 7.92. The summed E-state index contributed by atoms with van der Waals surface area (Å²) >= 11 is 0. The molecule has 0 aromatic heterocycles. The lowest BCUT2D eigenvalue weighted by molar-refractivity contribution is -0.114. The first-order valence-corrected chi connectivity index (χ1v) is 10.6. The topological polar surface area (TPSA) is 95.6 Å². The molecule has 9 heteroatoms. The monoisotopic (exact) mass is 441 g/mol. The van der Waals surface area contributed by atoms with Gasteiger partial charge in [-0.25, -0.2) is 12.8 Å². The molecule has 7 nitrogen and oxygen atoms in total. The molecule has 0 bridgehead atoms. The summed E-state index contributed by atoms with van der Waals surface area (Å²) < 4.78 is 41.1. The first kappa shape index (κ1) is 22.0. The number of carbonyl (C=O) groups excluding carboxylic acids is 2. The first-order valence-electron chi connectivity index (χ1n) is 9.21. The Morgan fingerprint density at radius 1 is 0.903 bits per heavy atom. The fraction of sp³-hybridized carbons (Fsp3) is 0.0909. The minimum Gasteiger partial charge on any atom is -0.326 e. The van der Waals surface area contributed by atoms with Crippen LogP contribution in [0.3, 0.4) is 0 Å². The quantitative estimate of drug-likeness (QED) is 0.607. The van der Waals surface area contributed by atoms with Gasteiger partial charge in [-0.05, 0) is 48.5 Å². The number of halogens is 1. The Hall–Kier alpha value is -3.72. The number of para-hydroxylation sites is 1. The van der Waals surface area contributed by atoms with Crippen LogP contribution in [0.4, 0.5) is 21.5 Å². The van der Waals surface area contributed by atoms with Crippen molar-refractivity contribution in [1.29, 1.82) is 0 Å². The van der Waals surface area contributed by atoms with Crippen molar-refractivity contribution in [1.82, 2.24) is 0 Å². The van der Waals surface area contributed by atoms with Gasteiger partial charge in [0, 0.05) is 25.2 Å². The van der Waals surface area contributed by atoms with Crippen molar-refractivity contribution in [2.45, 2.75) is 11.8 Å². The van der Waals surface area contributed by atoms with E-state index >= 15 is 0 Å². The lowest BCUT2D eigenvalue weighted by atomic mass is 10.2. The van der Waals surface area contributed by atoms with Crippen molar-refractivity contribution in [3.63, 3.8) is 0 Å². The molecule has 2 amide bonds. The third kappa shape index (κ3) is 5.07. The van der Waals surface area contributed by atoms with Gasteiger partial charge in [0.05, 0.1) is 16.3 Å². The molecular weight excluding hydrogens is 421 g/mol. The number of amides is 2. The molecule has 31 heavy (non-hydrogen) atoms. The zero-order valence-electron chi connectivity index (χ0n) is 16.8. The van der Waals surface area contributed by atoms with Gasteiger partial charge in [-0.2, -0.15) is 0 Å². The SMILES string of the molecule is CC(=O)Nc1ccc(F)c(NC(=O)c2cccc(S(=O)(=O)N(C)c3ccccc3)c2)c1. The van der Waals surface area contributed by atoms with Crippen LogP contribution in [0.25, 0.3) is 0 Å². The fourth-order valence-electron chi connectivity index (χ4n) is 2.83. The molecule has 0 radical (unpaired) electrons. The van der Waals surface area contributed by atoms with Gasteiger partial charge in [-0.3, -0.25) is 13.9 Å². The van der Waals surface area contributed by atoms with Crippen LogP contribution < -0.4 is 14.9 Å². The van der Waals surface area contributed by atoms with E-state index in [0.717, 1.165) is 10.4 Å². The number of sulfonamides is 1. The van der Waals surface area contributed by atoms with Gasteiger partial charge in [0.2, 0.25) is 5.91 Å². The van der Waals surface area contributed by atoms with E-state index in [1.165, 1.54) is 50.4 Å². The summed E-state index contributed by atoms with van der Waals surface area (Å²) in [4.78, 5) is 23.7. The maximum atomic E-state index is 14.1. The molecule has 160 valence electrons. The van der Waals surface area contributed by atoms with Crippen molar-refractivity contribution in [3.8, 4) is 0 Å². The smallest absolute Gasteiger partial charge is 0.264 e. The Balaban J connectivity index is 1.86. The molecule has 0 aliphatic rings. The van der Waals surface area contributed by atoms with Crippen LogP contribution in [0.1, 0.15) is 17.3 Å². The average Bonchev–Trinajstić information content (AvgIpc) is 2.75. The molecule has 2 N–H and O–H groups in total. The summed E-state index contributed by atoms with van der Waals surface area (Å²) in [5, 5.41) is 4.91. The van der Waals surface area contributed by atoms with Gasteiger partial charge >= 0.3 is 0 Å². The van der Waals surface area contributed by atoms with E-state index in [2.05, 4.69) is 10.6 Å². The molecule has 3 rings (SSSR count). The maximum Gasteiger partial charge on any atom is 0.264 e. The number of nitrogens with zero attached hydrogens (tertiary/aromatic N) is 1. The van der Waals surface area contributed by atoms with E-state index in [9.17, 15) is 22.4 Å². The summed E-state index contributed by atoms with van der Waals surface area (Å²) in [7, 11) is -2.50. The molecule has 0 unspecified atom stereocenters. The molecule has 0 heterocycles. The summed E-state index contributed by atoms with van der Waals surface area (Å²) in [6.07, 6.45) is 0. The second kappa shape index (κ2) is 8.97. The summed E-state index contributed by atoms with van der Waals surface area (Å²) in [5.74, 6) is -1.74. The van der Waals surface area contributed by atoms with E-state index in [1.807, 2.05) is 0 Å². The van der Waals surface area contributed by atoms with E-state index in [-0.39, 0.29) is 22.1 Å². The maximum absolute atomic E-state index is 14.1. The lowest BCUT2D eigenvalue weighted by Crippen LogP contribution is -2.26. The predicted octanol–water partition coefficient (Wildman–Crippen LogP) is 3.86. The third-order valence-corrected chi connectivity index (χ3v) is 6.19. The van der Waals surface area contributed by atoms with Gasteiger partial charge in [-0.1, -0.05) is 24.3 Å². The number of benzene rings is 3. The molecule has 0 aliphatic carbocycles. The van der Waals surface area contributed by atoms with Crippen LogP contribution in [0.5, 0.6) is 0 Å². The number of nitrogens with one attached hydrogen (secondary N) is 2. The Bertz CT molecular complexity index is 1230. The number of hydrogen-bond acceptors (Lipinski definition) is 4. The van der Waals surface area contributed by atoms with Gasteiger partial charge in [0.25, 0.3) is 15.9 Å². The van der Waals surface area contributed by atoms with E-state index in [1.54, 1.807) is 30.3 Å². The van der Waals surface area contributed by atoms with Crippen molar-refractivity contribution < 1.29 is 22.4 Å². The molecule has 0 saturated heterocycles. The van der Waals surface area contributed by atoms with Gasteiger partial charge < -0.3 is 10.6 Å². The summed E-state index contributed by atoms with van der Waals surface area (Å²) in [5.41, 5.74) is 0.664. The second-order valence-corrected chi connectivity index (χ2v) is 8.64. The molecule has 0 spiro atoms. The number of hydrogen-bond donors (Lipinski definition) is 2. The third-order valence-electron chi connectivity index (χ3n) is 4.41. The van der Waals surface area contributed by atoms with Crippen LogP contribution in [-0.2, 0) is 14.8 Å². The number of rotatable bonds is 6. The van der Waals surface area contributed by atoms with Crippen molar-refractivity contribution in [2.75, 3.05) is 22.0 Å². The van der Waals surface area contributed by atoms with Crippen LogP contribution >= 0.6 is 0 Å². The largest absolute Gasteiger partial charge is 0.326 e. The minimum absolute atomic E-state index is 0.0341. The molecular formula is C22H20FN3O4S. The van der Waals surface area contributed by atoms with Gasteiger partial charge in [0.1, 0.15) is 5.82 Å². The highest BCUT2D eigenvalue weighted by Gasteiger charge is 2.22. The number of anilines is 3. The highest BCUT2D eigenvalue weighted by Crippen LogP contribution is 2.24.